The van der Waals surface area contributed by atoms with Gasteiger partial charge in [-0.1, -0.05) is 35.3 Å². The predicted molar refractivity (Wildman–Crippen MR) is 91.6 cm³/mol. The van der Waals surface area contributed by atoms with Crippen LogP contribution in [-0.4, -0.2) is 9.55 Å². The monoisotopic (exact) mass is 354 g/mol. The van der Waals surface area contributed by atoms with Crippen LogP contribution in [-0.2, 0) is 6.54 Å². The van der Waals surface area contributed by atoms with E-state index < -0.39 is 0 Å². The Bertz CT molecular complexity index is 660. The van der Waals surface area contributed by atoms with E-state index in [4.69, 9.17) is 23.2 Å². The molecule has 2 heterocycles. The van der Waals surface area contributed by atoms with Gasteiger partial charge in [-0.15, -0.1) is 23.1 Å². The molecule has 0 N–H and O–H groups in total. The minimum absolute atomic E-state index is 0.211. The van der Waals surface area contributed by atoms with Gasteiger partial charge < -0.3 is 4.57 Å². The van der Waals surface area contributed by atoms with Gasteiger partial charge in [-0.25, -0.2) is 4.98 Å². The molecule has 0 radical (unpaired) electrons. The van der Waals surface area contributed by atoms with Crippen molar-refractivity contribution in [3.05, 3.63) is 70.0 Å². The molecule has 0 aliphatic carbocycles. The zero-order chi connectivity index (χ0) is 14.7. The van der Waals surface area contributed by atoms with Crippen LogP contribution in [0.1, 0.15) is 10.8 Å². The molecule has 0 aliphatic heterocycles. The summed E-state index contributed by atoms with van der Waals surface area (Å²) in [7, 11) is 0. The van der Waals surface area contributed by atoms with Crippen LogP contribution in [0.5, 0.6) is 0 Å². The lowest BCUT2D eigenvalue weighted by Crippen LogP contribution is -2.05. The summed E-state index contributed by atoms with van der Waals surface area (Å²) in [6, 6.07) is 9.88. The van der Waals surface area contributed by atoms with E-state index in [1.54, 1.807) is 23.6 Å². The molecule has 6 heteroatoms. The molecule has 1 unspecified atom stereocenters. The molecule has 0 amide bonds. The molecule has 0 spiro atoms. The van der Waals surface area contributed by atoms with Gasteiger partial charge in [-0.3, -0.25) is 0 Å². The minimum atomic E-state index is 0.211. The SMILES string of the molecule is Clc1ccc(C(Cn2ccnc2)Sc2cccs2)c(Cl)c1. The number of hydrogen-bond acceptors (Lipinski definition) is 3. The molecule has 1 atom stereocenters. The van der Waals surface area contributed by atoms with Crippen molar-refractivity contribution >= 4 is 46.3 Å². The summed E-state index contributed by atoms with van der Waals surface area (Å²) in [6.07, 6.45) is 5.58. The summed E-state index contributed by atoms with van der Waals surface area (Å²) < 4.78 is 3.34. The van der Waals surface area contributed by atoms with Crippen molar-refractivity contribution in [3.63, 3.8) is 0 Å². The second-order valence-corrected chi connectivity index (χ2v) is 7.76. The number of halogens is 2. The highest BCUT2D eigenvalue weighted by atomic mass is 35.5. The highest BCUT2D eigenvalue weighted by Crippen LogP contribution is 2.41. The minimum Gasteiger partial charge on any atom is -0.336 e. The van der Waals surface area contributed by atoms with E-state index in [1.165, 1.54) is 4.21 Å². The van der Waals surface area contributed by atoms with E-state index in [0.29, 0.717) is 10.0 Å². The van der Waals surface area contributed by atoms with E-state index >= 15 is 0 Å². The Morgan fingerprint density at radius 3 is 2.86 bits per heavy atom. The lowest BCUT2D eigenvalue weighted by Gasteiger charge is -2.18. The van der Waals surface area contributed by atoms with Gasteiger partial charge in [0.2, 0.25) is 0 Å². The quantitative estimate of drug-likeness (QED) is 0.540. The average molecular weight is 355 g/mol. The Labute approximate surface area is 141 Å². The summed E-state index contributed by atoms with van der Waals surface area (Å²) >= 11 is 15.9. The number of rotatable bonds is 5. The zero-order valence-corrected chi connectivity index (χ0v) is 14.1. The van der Waals surface area contributed by atoms with Gasteiger partial charge in [0.1, 0.15) is 0 Å². The summed E-state index contributed by atoms with van der Waals surface area (Å²) in [5.41, 5.74) is 1.09. The van der Waals surface area contributed by atoms with Crippen molar-refractivity contribution in [2.75, 3.05) is 0 Å². The van der Waals surface area contributed by atoms with Crippen LogP contribution in [0.2, 0.25) is 10.0 Å². The van der Waals surface area contributed by atoms with Crippen molar-refractivity contribution < 1.29 is 0 Å². The summed E-state index contributed by atoms with van der Waals surface area (Å²) in [6.45, 7) is 0.809. The molecular weight excluding hydrogens is 343 g/mol. The number of imidazole rings is 1. The van der Waals surface area contributed by atoms with Crippen LogP contribution in [0.4, 0.5) is 0 Å². The molecule has 108 valence electrons. The first kappa shape index (κ1) is 15.0. The maximum Gasteiger partial charge on any atom is 0.0946 e. The second kappa shape index (κ2) is 6.88. The summed E-state index contributed by atoms with van der Waals surface area (Å²) in [5, 5.41) is 3.66. The Morgan fingerprint density at radius 1 is 1.29 bits per heavy atom. The van der Waals surface area contributed by atoms with Gasteiger partial charge in [0, 0.05) is 29.0 Å². The molecule has 2 nitrogen and oxygen atoms in total. The lowest BCUT2D eigenvalue weighted by atomic mass is 10.1. The second-order valence-electron chi connectivity index (χ2n) is 4.46. The van der Waals surface area contributed by atoms with Crippen molar-refractivity contribution in [3.8, 4) is 0 Å². The number of hydrogen-bond donors (Lipinski definition) is 0. The van der Waals surface area contributed by atoms with Crippen LogP contribution in [0.25, 0.3) is 0 Å². The zero-order valence-electron chi connectivity index (χ0n) is 10.9. The Morgan fingerprint density at radius 2 is 2.19 bits per heavy atom. The molecular formula is C15H12Cl2N2S2. The molecule has 0 bridgehead atoms. The van der Waals surface area contributed by atoms with E-state index in [0.717, 1.165) is 12.1 Å². The topological polar surface area (TPSA) is 17.8 Å². The van der Waals surface area contributed by atoms with Crippen molar-refractivity contribution in [2.24, 2.45) is 0 Å². The lowest BCUT2D eigenvalue weighted by molar-refractivity contribution is 0.684. The molecule has 0 fully saturated rings. The Kier molecular flexibility index (Phi) is 4.91. The number of thiophene rings is 1. The standard InChI is InChI=1S/C15H12Cl2N2S2/c16-11-3-4-12(13(17)8-11)14(9-19-6-5-18-10-19)21-15-2-1-7-20-15/h1-8,10,14H,9H2. The molecule has 2 aromatic heterocycles. The van der Waals surface area contributed by atoms with Crippen LogP contribution in [0.3, 0.4) is 0 Å². The third-order valence-corrected chi connectivity index (χ3v) is 5.86. The van der Waals surface area contributed by atoms with Crippen LogP contribution in [0, 0.1) is 0 Å². The smallest absolute Gasteiger partial charge is 0.0946 e. The van der Waals surface area contributed by atoms with Gasteiger partial charge in [0.05, 0.1) is 15.8 Å². The molecule has 3 aromatic rings. The highest BCUT2D eigenvalue weighted by Gasteiger charge is 2.18. The van der Waals surface area contributed by atoms with Crippen LogP contribution < -0.4 is 0 Å². The fourth-order valence-electron chi connectivity index (χ4n) is 2.02. The molecule has 0 saturated heterocycles. The first-order valence-corrected chi connectivity index (χ1v) is 8.85. The summed E-state index contributed by atoms with van der Waals surface area (Å²) in [5.74, 6) is 0. The first-order valence-electron chi connectivity index (χ1n) is 6.33. The van der Waals surface area contributed by atoms with E-state index in [2.05, 4.69) is 27.1 Å². The largest absolute Gasteiger partial charge is 0.336 e. The number of aromatic nitrogens is 2. The Hall–Kier alpha value is -0.940. The van der Waals surface area contributed by atoms with Gasteiger partial charge >= 0.3 is 0 Å². The fourth-order valence-corrected chi connectivity index (χ4v) is 4.83. The Balaban J connectivity index is 1.90. The molecule has 0 saturated carbocycles. The van der Waals surface area contributed by atoms with Crippen molar-refractivity contribution in [1.82, 2.24) is 9.55 Å². The highest BCUT2D eigenvalue weighted by molar-refractivity contribution is 8.01. The first-order chi connectivity index (χ1) is 10.2. The third kappa shape index (κ3) is 3.83. The van der Waals surface area contributed by atoms with Gasteiger partial charge in [0.25, 0.3) is 0 Å². The van der Waals surface area contributed by atoms with E-state index in [1.807, 2.05) is 36.4 Å². The normalized spacial score (nSPS) is 12.5. The maximum absolute atomic E-state index is 6.39. The van der Waals surface area contributed by atoms with E-state index in [-0.39, 0.29) is 5.25 Å². The molecule has 3 rings (SSSR count). The fraction of sp³-hybridized carbons (Fsp3) is 0.133. The van der Waals surface area contributed by atoms with Gasteiger partial charge in [-0.2, -0.15) is 0 Å². The molecule has 1 aromatic carbocycles. The predicted octanol–water partition coefficient (Wildman–Crippen LogP) is 5.79. The summed E-state index contributed by atoms with van der Waals surface area (Å²) in [4.78, 5) is 4.10. The molecule has 21 heavy (non-hydrogen) atoms. The van der Waals surface area contributed by atoms with Crippen LogP contribution >= 0.6 is 46.3 Å². The van der Waals surface area contributed by atoms with E-state index in [9.17, 15) is 0 Å². The van der Waals surface area contributed by atoms with Gasteiger partial charge in [-0.05, 0) is 29.1 Å². The van der Waals surface area contributed by atoms with Crippen molar-refractivity contribution in [2.45, 2.75) is 16.0 Å². The number of benzene rings is 1. The number of thioether (sulfide) groups is 1. The molecule has 0 aliphatic rings. The van der Waals surface area contributed by atoms with Crippen molar-refractivity contribution in [1.29, 1.82) is 0 Å². The van der Waals surface area contributed by atoms with Gasteiger partial charge in [0.15, 0.2) is 0 Å². The van der Waals surface area contributed by atoms with Crippen LogP contribution in [0.15, 0.2) is 58.6 Å². The number of nitrogens with zero attached hydrogens (tertiary/aromatic N) is 2. The average Bonchev–Trinajstić information content (AvgIpc) is 3.11. The third-order valence-electron chi connectivity index (χ3n) is 3.00. The maximum atomic E-state index is 6.39.